The molecule has 2 aromatic rings. The van der Waals surface area contributed by atoms with Crippen molar-refractivity contribution in [2.75, 3.05) is 13.7 Å². The fourth-order valence-corrected chi connectivity index (χ4v) is 2.93. The van der Waals surface area contributed by atoms with Crippen LogP contribution in [0.2, 0.25) is 0 Å². The fourth-order valence-electron chi connectivity index (χ4n) is 2.93. The third-order valence-electron chi connectivity index (χ3n) is 4.06. The highest BCUT2D eigenvalue weighted by Crippen LogP contribution is 2.34. The first-order valence-corrected chi connectivity index (χ1v) is 7.21. The van der Waals surface area contributed by atoms with Gasteiger partial charge in [0.25, 0.3) is 5.91 Å². The van der Waals surface area contributed by atoms with E-state index in [9.17, 15) is 9.90 Å². The van der Waals surface area contributed by atoms with E-state index >= 15 is 0 Å². The van der Waals surface area contributed by atoms with E-state index in [0.29, 0.717) is 18.7 Å². The molecular weight excluding hydrogens is 282 g/mol. The maximum absolute atomic E-state index is 12.7. The molecule has 22 heavy (non-hydrogen) atoms. The molecule has 0 radical (unpaired) electrons. The summed E-state index contributed by atoms with van der Waals surface area (Å²) >= 11 is 0. The molecule has 0 saturated carbocycles. The van der Waals surface area contributed by atoms with Crippen LogP contribution in [0.3, 0.4) is 0 Å². The number of aliphatic hydroxyl groups excluding tert-OH is 1. The van der Waals surface area contributed by atoms with Gasteiger partial charge in [-0.05, 0) is 30.2 Å². The summed E-state index contributed by atoms with van der Waals surface area (Å²) in [5, 5.41) is 14.1. The summed E-state index contributed by atoms with van der Waals surface area (Å²) < 4.78 is 6.80. The maximum Gasteiger partial charge on any atom is 0.272 e. The van der Waals surface area contributed by atoms with E-state index in [-0.39, 0.29) is 11.9 Å². The number of nitrogens with zero attached hydrogens (tertiary/aromatic N) is 3. The topological polar surface area (TPSA) is 67.6 Å². The molecule has 0 spiro atoms. The van der Waals surface area contributed by atoms with Crippen molar-refractivity contribution in [2.24, 2.45) is 7.05 Å². The van der Waals surface area contributed by atoms with Crippen LogP contribution in [0.1, 0.15) is 28.5 Å². The normalized spacial score (nSPS) is 21.1. The third-order valence-corrected chi connectivity index (χ3v) is 4.06. The molecule has 116 valence electrons. The number of β-amino-alcohol motifs (C(OH)–C–C–N with tert-alkyl or cyclic N) is 1. The van der Waals surface area contributed by atoms with Gasteiger partial charge < -0.3 is 14.7 Å². The molecule has 3 rings (SSSR count). The van der Waals surface area contributed by atoms with E-state index in [1.54, 1.807) is 36.0 Å². The SMILES string of the molecule is COc1cccc([C@@H]2C[C@@H](O)CN2C(=O)c2ccnn2C)c1. The van der Waals surface area contributed by atoms with Crippen LogP contribution in [0.25, 0.3) is 0 Å². The summed E-state index contributed by atoms with van der Waals surface area (Å²) in [6.07, 6.45) is 1.60. The highest BCUT2D eigenvalue weighted by atomic mass is 16.5. The molecule has 1 aliphatic heterocycles. The average molecular weight is 301 g/mol. The molecule has 6 nitrogen and oxygen atoms in total. The third kappa shape index (κ3) is 2.57. The lowest BCUT2D eigenvalue weighted by atomic mass is 10.0. The fraction of sp³-hybridized carbons (Fsp3) is 0.375. The Kier molecular flexibility index (Phi) is 3.85. The Bertz CT molecular complexity index is 683. The van der Waals surface area contributed by atoms with Crippen LogP contribution in [0, 0.1) is 0 Å². The van der Waals surface area contributed by atoms with E-state index in [4.69, 9.17) is 4.74 Å². The summed E-state index contributed by atoms with van der Waals surface area (Å²) in [5.41, 5.74) is 1.48. The number of aryl methyl sites for hydroxylation is 1. The van der Waals surface area contributed by atoms with Gasteiger partial charge in [0.1, 0.15) is 11.4 Å². The van der Waals surface area contributed by atoms with Crippen LogP contribution in [-0.4, -0.2) is 45.5 Å². The monoisotopic (exact) mass is 301 g/mol. The zero-order valence-corrected chi connectivity index (χ0v) is 12.6. The Balaban J connectivity index is 1.92. The van der Waals surface area contributed by atoms with Gasteiger partial charge in [0.05, 0.1) is 19.3 Å². The largest absolute Gasteiger partial charge is 0.497 e. The van der Waals surface area contributed by atoms with Crippen molar-refractivity contribution < 1.29 is 14.6 Å². The Labute approximate surface area is 128 Å². The number of amides is 1. The van der Waals surface area contributed by atoms with Crippen molar-refractivity contribution in [2.45, 2.75) is 18.6 Å². The van der Waals surface area contributed by atoms with Crippen LogP contribution in [-0.2, 0) is 7.05 Å². The summed E-state index contributed by atoms with van der Waals surface area (Å²) in [5.74, 6) is 0.621. The van der Waals surface area contributed by atoms with Crippen molar-refractivity contribution >= 4 is 5.91 Å². The minimum atomic E-state index is -0.520. The quantitative estimate of drug-likeness (QED) is 0.930. The Morgan fingerprint density at radius 3 is 2.91 bits per heavy atom. The number of carbonyl (C=O) groups excluding carboxylic acids is 1. The van der Waals surface area contributed by atoms with E-state index in [1.165, 1.54) is 0 Å². The lowest BCUT2D eigenvalue weighted by Crippen LogP contribution is -2.33. The molecule has 1 amide bonds. The van der Waals surface area contributed by atoms with Gasteiger partial charge in [-0.3, -0.25) is 9.48 Å². The molecule has 0 unspecified atom stereocenters. The molecule has 1 aliphatic rings. The highest BCUT2D eigenvalue weighted by molar-refractivity contribution is 5.93. The average Bonchev–Trinajstić information content (AvgIpc) is 3.12. The van der Waals surface area contributed by atoms with Crippen molar-refractivity contribution in [3.8, 4) is 5.75 Å². The predicted octanol–water partition coefficient (Wildman–Crippen LogP) is 1.38. The minimum absolute atomic E-state index is 0.121. The molecule has 0 aliphatic carbocycles. The van der Waals surface area contributed by atoms with Gasteiger partial charge >= 0.3 is 0 Å². The summed E-state index contributed by atoms with van der Waals surface area (Å²) in [7, 11) is 3.35. The van der Waals surface area contributed by atoms with Crippen LogP contribution in [0.4, 0.5) is 0 Å². The number of aliphatic hydroxyl groups is 1. The van der Waals surface area contributed by atoms with E-state index in [0.717, 1.165) is 11.3 Å². The first kappa shape index (κ1) is 14.6. The maximum atomic E-state index is 12.7. The van der Waals surface area contributed by atoms with Crippen LogP contribution in [0.5, 0.6) is 5.75 Å². The van der Waals surface area contributed by atoms with Gasteiger partial charge in [-0.25, -0.2) is 0 Å². The smallest absolute Gasteiger partial charge is 0.272 e. The van der Waals surface area contributed by atoms with Crippen molar-refractivity contribution in [1.29, 1.82) is 0 Å². The first-order chi connectivity index (χ1) is 10.6. The summed E-state index contributed by atoms with van der Waals surface area (Å²) in [6.45, 7) is 0.325. The molecule has 2 atom stereocenters. The summed E-state index contributed by atoms with van der Waals surface area (Å²) in [4.78, 5) is 14.4. The molecule has 0 bridgehead atoms. The zero-order chi connectivity index (χ0) is 15.7. The number of carbonyl (C=O) groups is 1. The standard InChI is InChI=1S/C16H19N3O3/c1-18-14(6-7-17-18)16(21)19-10-12(20)9-15(19)11-4-3-5-13(8-11)22-2/h3-8,12,15,20H,9-10H2,1-2H3/t12-,15+/m1/s1. The van der Waals surface area contributed by atoms with Gasteiger partial charge in [-0.2, -0.15) is 5.10 Å². The van der Waals surface area contributed by atoms with Crippen molar-refractivity contribution in [1.82, 2.24) is 14.7 Å². The Morgan fingerprint density at radius 2 is 2.23 bits per heavy atom. The molecule has 1 saturated heterocycles. The molecule has 1 N–H and O–H groups in total. The van der Waals surface area contributed by atoms with E-state index in [2.05, 4.69) is 5.10 Å². The lowest BCUT2D eigenvalue weighted by molar-refractivity contribution is 0.0704. The van der Waals surface area contributed by atoms with Gasteiger partial charge in [-0.1, -0.05) is 12.1 Å². The van der Waals surface area contributed by atoms with Gasteiger partial charge in [0.2, 0.25) is 0 Å². The second-order valence-corrected chi connectivity index (χ2v) is 5.48. The Morgan fingerprint density at radius 1 is 1.41 bits per heavy atom. The molecule has 1 aromatic carbocycles. The van der Waals surface area contributed by atoms with Crippen LogP contribution >= 0.6 is 0 Å². The zero-order valence-electron chi connectivity index (χ0n) is 12.6. The highest BCUT2D eigenvalue weighted by Gasteiger charge is 2.36. The number of hydrogen-bond acceptors (Lipinski definition) is 4. The Hall–Kier alpha value is -2.34. The lowest BCUT2D eigenvalue weighted by Gasteiger charge is -2.25. The van der Waals surface area contributed by atoms with E-state index in [1.807, 2.05) is 24.3 Å². The number of hydrogen-bond donors (Lipinski definition) is 1. The second-order valence-electron chi connectivity index (χ2n) is 5.48. The molecule has 1 aromatic heterocycles. The van der Waals surface area contributed by atoms with Gasteiger partial charge in [0, 0.05) is 19.8 Å². The van der Waals surface area contributed by atoms with E-state index < -0.39 is 6.10 Å². The minimum Gasteiger partial charge on any atom is -0.497 e. The number of rotatable bonds is 3. The number of methoxy groups -OCH3 is 1. The number of ether oxygens (including phenoxy) is 1. The van der Waals surface area contributed by atoms with Gasteiger partial charge in [-0.15, -0.1) is 0 Å². The summed E-state index contributed by atoms with van der Waals surface area (Å²) in [6, 6.07) is 9.15. The number of likely N-dealkylation sites (tertiary alicyclic amines) is 1. The molecule has 1 fully saturated rings. The molecular formula is C16H19N3O3. The first-order valence-electron chi connectivity index (χ1n) is 7.21. The second kappa shape index (κ2) is 5.81. The van der Waals surface area contributed by atoms with Crippen molar-refractivity contribution in [3.05, 3.63) is 47.8 Å². The van der Waals surface area contributed by atoms with Crippen LogP contribution in [0.15, 0.2) is 36.5 Å². The number of aromatic nitrogens is 2. The van der Waals surface area contributed by atoms with Gasteiger partial charge in [0.15, 0.2) is 0 Å². The predicted molar refractivity (Wildman–Crippen MR) is 80.6 cm³/mol. The molecule has 6 heteroatoms. The number of benzene rings is 1. The van der Waals surface area contributed by atoms with Crippen LogP contribution < -0.4 is 4.74 Å². The van der Waals surface area contributed by atoms with Crippen molar-refractivity contribution in [3.63, 3.8) is 0 Å². The molecule has 2 heterocycles.